The van der Waals surface area contributed by atoms with E-state index in [9.17, 15) is 22.0 Å². The molecule has 1 aliphatic rings. The third kappa shape index (κ3) is 6.71. The molecule has 42 heavy (non-hydrogen) atoms. The monoisotopic (exact) mass is 595 g/mol. The number of fused-ring (bicyclic) bond motifs is 1. The van der Waals surface area contributed by atoms with Gasteiger partial charge in [0.2, 0.25) is 0 Å². The maximum Gasteiger partial charge on any atom is 0.251 e. The molecular formula is C30H31F2N5O4S. The Hall–Kier alpha value is -4.03. The number of sulfone groups is 1. The third-order valence-electron chi connectivity index (χ3n) is 7.14. The van der Waals surface area contributed by atoms with Crippen molar-refractivity contribution in [2.45, 2.75) is 31.7 Å². The number of nitrogens with zero attached hydrogens (tertiary/aromatic N) is 4. The number of carbonyl (C=O) groups is 1. The van der Waals surface area contributed by atoms with Gasteiger partial charge in [-0.2, -0.15) is 0 Å². The minimum Gasteiger partial charge on any atom is -0.395 e. The van der Waals surface area contributed by atoms with Gasteiger partial charge in [0.15, 0.2) is 9.84 Å². The van der Waals surface area contributed by atoms with Crippen molar-refractivity contribution in [3.8, 4) is 11.4 Å². The Balaban J connectivity index is 1.36. The van der Waals surface area contributed by atoms with Gasteiger partial charge < -0.3 is 15.3 Å². The van der Waals surface area contributed by atoms with Crippen molar-refractivity contribution in [3.05, 3.63) is 77.6 Å². The van der Waals surface area contributed by atoms with Crippen LogP contribution in [0.15, 0.2) is 59.6 Å². The van der Waals surface area contributed by atoms with Crippen LogP contribution in [-0.2, 0) is 16.4 Å². The fraction of sp³-hybridized carbons (Fsp3) is 0.333. The van der Waals surface area contributed by atoms with E-state index in [0.29, 0.717) is 40.3 Å². The van der Waals surface area contributed by atoms with Crippen LogP contribution in [0, 0.1) is 23.5 Å². The number of benzene rings is 1. The second kappa shape index (κ2) is 12.1. The van der Waals surface area contributed by atoms with Gasteiger partial charge in [0, 0.05) is 42.4 Å². The molecule has 0 bridgehead atoms. The standard InChI is InChI=1S/C30H31F2N5O4S/c1-18-7-19(2)17-37(16-18)29-12-23(32)11-28(36-29)26-4-3-20-14-33-24(13-27(20)35-26)15-34-30(39)21-8-22(31)10-25(9-21)42(40,41)6-5-38/h3-4,8-14,18-19,38H,5-7,15-17H2,1-2H3,(H,34,39)/t18-,19+. The molecular weight excluding hydrogens is 564 g/mol. The maximum absolute atomic E-state index is 14.7. The molecule has 220 valence electrons. The Labute approximate surface area is 242 Å². The molecule has 0 radical (unpaired) electrons. The van der Waals surface area contributed by atoms with E-state index in [2.05, 4.69) is 34.0 Å². The van der Waals surface area contributed by atoms with Crippen molar-refractivity contribution in [3.63, 3.8) is 0 Å². The van der Waals surface area contributed by atoms with Crippen molar-refractivity contribution in [2.75, 3.05) is 30.3 Å². The number of amides is 1. The lowest BCUT2D eigenvalue weighted by molar-refractivity contribution is 0.0949. The summed E-state index contributed by atoms with van der Waals surface area (Å²) in [6.45, 7) is 5.31. The second-order valence-electron chi connectivity index (χ2n) is 10.8. The summed E-state index contributed by atoms with van der Waals surface area (Å²) in [5, 5.41) is 12.3. The number of nitrogens with one attached hydrogen (secondary N) is 1. The van der Waals surface area contributed by atoms with Crippen LogP contribution < -0.4 is 10.2 Å². The highest BCUT2D eigenvalue weighted by atomic mass is 32.2. The quantitative estimate of drug-likeness (QED) is 0.311. The third-order valence-corrected chi connectivity index (χ3v) is 8.82. The molecule has 12 heteroatoms. The van der Waals surface area contributed by atoms with Crippen molar-refractivity contribution < 1.29 is 27.1 Å². The summed E-state index contributed by atoms with van der Waals surface area (Å²) >= 11 is 0. The molecule has 1 amide bonds. The number of carbonyl (C=O) groups excluding carboxylic acids is 1. The minimum absolute atomic E-state index is 0.0381. The largest absolute Gasteiger partial charge is 0.395 e. The highest BCUT2D eigenvalue weighted by Crippen LogP contribution is 2.28. The molecule has 1 aliphatic heterocycles. The van der Waals surface area contributed by atoms with Gasteiger partial charge in [-0.1, -0.05) is 13.8 Å². The van der Waals surface area contributed by atoms with E-state index in [-0.39, 0.29) is 17.0 Å². The van der Waals surface area contributed by atoms with E-state index in [1.54, 1.807) is 18.3 Å². The van der Waals surface area contributed by atoms with Crippen LogP contribution in [0.4, 0.5) is 14.6 Å². The molecule has 0 unspecified atom stereocenters. The second-order valence-corrected chi connectivity index (χ2v) is 13.0. The van der Waals surface area contributed by atoms with E-state index >= 15 is 0 Å². The zero-order chi connectivity index (χ0) is 30.0. The van der Waals surface area contributed by atoms with Gasteiger partial charge in [0.05, 0.1) is 46.4 Å². The number of pyridine rings is 3. The number of piperidine rings is 1. The molecule has 0 spiro atoms. The molecule has 4 heterocycles. The molecule has 1 aromatic carbocycles. The molecule has 9 nitrogen and oxygen atoms in total. The first-order valence-corrected chi connectivity index (χ1v) is 15.3. The number of hydrogen-bond donors (Lipinski definition) is 2. The van der Waals surface area contributed by atoms with E-state index in [0.717, 1.165) is 43.1 Å². The first kappa shape index (κ1) is 29.5. The van der Waals surface area contributed by atoms with Crippen molar-refractivity contribution in [2.24, 2.45) is 11.8 Å². The number of aliphatic hydroxyl groups excluding tert-OH is 1. The van der Waals surface area contributed by atoms with Crippen LogP contribution in [0.25, 0.3) is 22.3 Å². The van der Waals surface area contributed by atoms with E-state index in [1.165, 1.54) is 12.1 Å². The topological polar surface area (TPSA) is 125 Å². The van der Waals surface area contributed by atoms with Crippen molar-refractivity contribution >= 4 is 32.5 Å². The van der Waals surface area contributed by atoms with Gasteiger partial charge >= 0.3 is 0 Å². The molecule has 5 rings (SSSR count). The van der Waals surface area contributed by atoms with Crippen LogP contribution in [0.3, 0.4) is 0 Å². The fourth-order valence-electron chi connectivity index (χ4n) is 5.31. The minimum atomic E-state index is -3.95. The summed E-state index contributed by atoms with van der Waals surface area (Å²) in [5.41, 5.74) is 1.72. The lowest BCUT2D eigenvalue weighted by Gasteiger charge is -2.36. The average molecular weight is 596 g/mol. The number of aromatic nitrogens is 3. The highest BCUT2D eigenvalue weighted by molar-refractivity contribution is 7.91. The zero-order valence-corrected chi connectivity index (χ0v) is 24.0. The summed E-state index contributed by atoms with van der Waals surface area (Å²) in [4.78, 5) is 28.2. The number of aliphatic hydroxyl groups is 1. The Bertz CT molecular complexity index is 1740. The normalized spacial score (nSPS) is 17.4. The molecule has 0 aliphatic carbocycles. The number of rotatable bonds is 8. The van der Waals surface area contributed by atoms with Gasteiger partial charge in [0.25, 0.3) is 5.91 Å². The Kier molecular flexibility index (Phi) is 8.46. The number of anilines is 1. The van der Waals surface area contributed by atoms with Gasteiger partial charge in [0.1, 0.15) is 17.5 Å². The van der Waals surface area contributed by atoms with Crippen LogP contribution in [0.5, 0.6) is 0 Å². The van der Waals surface area contributed by atoms with Gasteiger partial charge in [-0.3, -0.25) is 9.78 Å². The predicted molar refractivity (Wildman–Crippen MR) is 155 cm³/mol. The molecule has 0 saturated carbocycles. The van der Waals surface area contributed by atoms with Crippen LogP contribution in [0.1, 0.15) is 36.3 Å². The number of halogens is 2. The van der Waals surface area contributed by atoms with E-state index in [4.69, 9.17) is 10.1 Å². The number of hydrogen-bond acceptors (Lipinski definition) is 8. The summed E-state index contributed by atoms with van der Waals surface area (Å²) in [7, 11) is -3.95. The van der Waals surface area contributed by atoms with Gasteiger partial charge in [-0.25, -0.2) is 27.2 Å². The SMILES string of the molecule is C[C@@H]1C[C@H](C)CN(c2cc(F)cc(-c3ccc4cnc(CNC(=O)c5cc(F)cc(S(=O)(=O)CCO)c5)cc4n3)n2)C1. The van der Waals surface area contributed by atoms with Crippen molar-refractivity contribution in [1.82, 2.24) is 20.3 Å². The van der Waals surface area contributed by atoms with E-state index < -0.39 is 39.7 Å². The highest BCUT2D eigenvalue weighted by Gasteiger charge is 2.24. The maximum atomic E-state index is 14.7. The first-order chi connectivity index (χ1) is 20.0. The lowest BCUT2D eigenvalue weighted by atomic mass is 9.92. The zero-order valence-electron chi connectivity index (χ0n) is 23.2. The first-order valence-electron chi connectivity index (χ1n) is 13.6. The Morgan fingerprint density at radius 1 is 1.00 bits per heavy atom. The lowest BCUT2D eigenvalue weighted by Crippen LogP contribution is -2.39. The summed E-state index contributed by atoms with van der Waals surface area (Å²) in [5.74, 6) is -1.03. The van der Waals surface area contributed by atoms with Crippen LogP contribution in [-0.4, -0.2) is 59.8 Å². The molecule has 1 fully saturated rings. The fourth-order valence-corrected chi connectivity index (χ4v) is 6.38. The summed E-state index contributed by atoms with van der Waals surface area (Å²) in [6.07, 6.45) is 2.72. The van der Waals surface area contributed by atoms with Crippen LogP contribution in [0.2, 0.25) is 0 Å². The predicted octanol–water partition coefficient (Wildman–Crippen LogP) is 4.15. The average Bonchev–Trinajstić information content (AvgIpc) is 2.94. The molecule has 3 aromatic heterocycles. The van der Waals surface area contributed by atoms with E-state index in [1.807, 2.05) is 6.07 Å². The van der Waals surface area contributed by atoms with Gasteiger partial charge in [-0.05, 0) is 54.7 Å². The molecule has 4 aromatic rings. The smallest absolute Gasteiger partial charge is 0.251 e. The summed E-state index contributed by atoms with van der Waals surface area (Å²) < 4.78 is 53.3. The molecule has 2 N–H and O–H groups in total. The molecule has 1 saturated heterocycles. The van der Waals surface area contributed by atoms with Crippen LogP contribution >= 0.6 is 0 Å². The Morgan fingerprint density at radius 3 is 2.48 bits per heavy atom. The van der Waals surface area contributed by atoms with Crippen molar-refractivity contribution in [1.29, 1.82) is 0 Å². The van der Waals surface area contributed by atoms with Gasteiger partial charge in [-0.15, -0.1) is 0 Å². The Morgan fingerprint density at radius 2 is 1.74 bits per heavy atom. The summed E-state index contributed by atoms with van der Waals surface area (Å²) in [6, 6.07) is 10.8. The molecule has 2 atom stereocenters.